The van der Waals surface area contributed by atoms with Crippen LogP contribution in [0.15, 0.2) is 0 Å². The molecule has 14 heavy (non-hydrogen) atoms. The van der Waals surface area contributed by atoms with Crippen LogP contribution in [-0.2, 0) is 9.53 Å². The maximum atomic E-state index is 11.4. The molecule has 0 heterocycles. The van der Waals surface area contributed by atoms with Crippen LogP contribution in [0.3, 0.4) is 0 Å². The summed E-state index contributed by atoms with van der Waals surface area (Å²) in [6.45, 7) is 6.81. The summed E-state index contributed by atoms with van der Waals surface area (Å²) in [4.78, 5) is 11.4. The Bertz CT molecular complexity index is 162. The molecule has 3 N–H and O–H groups in total. The van der Waals surface area contributed by atoms with Gasteiger partial charge in [0, 0.05) is 19.2 Å². The van der Waals surface area contributed by atoms with Crippen LogP contribution in [0.1, 0.15) is 33.6 Å². The second-order valence-corrected chi connectivity index (χ2v) is 3.51. The zero-order chi connectivity index (χ0) is 11.0. The molecule has 0 fully saturated rings. The van der Waals surface area contributed by atoms with Crippen molar-refractivity contribution in [2.45, 2.75) is 45.8 Å². The van der Waals surface area contributed by atoms with Crippen LogP contribution in [-0.4, -0.2) is 31.2 Å². The second kappa shape index (κ2) is 7.76. The lowest BCUT2D eigenvalue weighted by molar-refractivity contribution is -0.132. The zero-order valence-corrected chi connectivity index (χ0v) is 9.38. The summed E-state index contributed by atoms with van der Waals surface area (Å²) in [7, 11) is 0. The molecular weight excluding hydrogens is 180 g/mol. The Morgan fingerprint density at radius 2 is 2.14 bits per heavy atom. The van der Waals surface area contributed by atoms with Crippen molar-refractivity contribution in [3.63, 3.8) is 0 Å². The van der Waals surface area contributed by atoms with E-state index in [1.54, 1.807) is 6.92 Å². The number of carbonyl (C=O) groups excluding carboxylic acids is 1. The van der Waals surface area contributed by atoms with Gasteiger partial charge in [0.25, 0.3) is 0 Å². The van der Waals surface area contributed by atoms with Gasteiger partial charge in [-0.1, -0.05) is 13.3 Å². The largest absolute Gasteiger partial charge is 0.369 e. The normalized spacial score (nSPS) is 14.9. The first-order chi connectivity index (χ1) is 6.61. The Balaban J connectivity index is 3.64. The Labute approximate surface area is 86.2 Å². The molecule has 0 aliphatic heterocycles. The molecular formula is C10H22N2O2. The molecule has 0 saturated carbocycles. The number of nitrogens with one attached hydrogen (secondary N) is 1. The van der Waals surface area contributed by atoms with E-state index < -0.39 is 0 Å². The fraction of sp³-hybridized carbons (Fsp3) is 0.900. The number of ether oxygens (including phenoxy) is 1. The van der Waals surface area contributed by atoms with Crippen molar-refractivity contribution in [1.29, 1.82) is 0 Å². The molecule has 1 unspecified atom stereocenters. The monoisotopic (exact) mass is 202 g/mol. The first kappa shape index (κ1) is 13.4. The average molecular weight is 202 g/mol. The van der Waals surface area contributed by atoms with E-state index in [1.165, 1.54) is 0 Å². The predicted octanol–water partition coefficient (Wildman–Crippen LogP) is 0.655. The van der Waals surface area contributed by atoms with Crippen molar-refractivity contribution in [2.75, 3.05) is 13.2 Å². The van der Waals surface area contributed by atoms with E-state index in [1.807, 2.05) is 6.92 Å². The van der Waals surface area contributed by atoms with E-state index in [9.17, 15) is 4.79 Å². The third-order valence-electron chi connectivity index (χ3n) is 1.98. The molecule has 0 aromatic carbocycles. The molecule has 0 saturated heterocycles. The summed E-state index contributed by atoms with van der Waals surface area (Å²) in [5, 5.41) is 2.77. The van der Waals surface area contributed by atoms with E-state index in [2.05, 4.69) is 12.2 Å². The number of hydrogen-bond donors (Lipinski definition) is 2. The maximum Gasteiger partial charge on any atom is 0.249 e. The number of nitrogens with two attached hydrogens (primary N) is 1. The smallest absolute Gasteiger partial charge is 0.249 e. The summed E-state index contributed by atoms with van der Waals surface area (Å²) in [5.74, 6) is -0.0842. The van der Waals surface area contributed by atoms with Crippen molar-refractivity contribution in [2.24, 2.45) is 5.73 Å². The van der Waals surface area contributed by atoms with Crippen LogP contribution in [0.2, 0.25) is 0 Å². The predicted molar refractivity (Wildman–Crippen MR) is 57.0 cm³/mol. The van der Waals surface area contributed by atoms with Crippen LogP contribution in [0.25, 0.3) is 0 Å². The van der Waals surface area contributed by atoms with Gasteiger partial charge in [-0.15, -0.1) is 0 Å². The summed E-state index contributed by atoms with van der Waals surface area (Å²) >= 11 is 0. The molecule has 4 nitrogen and oxygen atoms in total. The highest BCUT2D eigenvalue weighted by Gasteiger charge is 2.14. The van der Waals surface area contributed by atoms with Gasteiger partial charge in [-0.25, -0.2) is 0 Å². The molecule has 0 aliphatic carbocycles. The number of hydrogen-bond acceptors (Lipinski definition) is 3. The minimum Gasteiger partial charge on any atom is -0.369 e. The maximum absolute atomic E-state index is 11.4. The number of unbranched alkanes of at least 4 members (excludes halogenated alkanes) is 1. The van der Waals surface area contributed by atoms with Gasteiger partial charge in [-0.05, 0) is 20.3 Å². The third kappa shape index (κ3) is 5.94. The van der Waals surface area contributed by atoms with Gasteiger partial charge in [0.05, 0.1) is 0 Å². The van der Waals surface area contributed by atoms with Gasteiger partial charge in [0.2, 0.25) is 5.91 Å². The van der Waals surface area contributed by atoms with Gasteiger partial charge in [-0.3, -0.25) is 4.79 Å². The van der Waals surface area contributed by atoms with E-state index in [0.717, 1.165) is 12.8 Å². The molecule has 1 amide bonds. The lowest BCUT2D eigenvalue weighted by Crippen LogP contribution is -2.43. The molecule has 4 heteroatoms. The number of amides is 1. The SMILES string of the molecule is CCCCOC(C)C(=O)N[C@@H](C)CN. The van der Waals surface area contributed by atoms with Gasteiger partial charge in [0.15, 0.2) is 0 Å². The third-order valence-corrected chi connectivity index (χ3v) is 1.98. The van der Waals surface area contributed by atoms with E-state index in [0.29, 0.717) is 13.2 Å². The van der Waals surface area contributed by atoms with Crippen LogP contribution in [0.5, 0.6) is 0 Å². The quantitative estimate of drug-likeness (QED) is 0.596. The lowest BCUT2D eigenvalue weighted by Gasteiger charge is -2.16. The van der Waals surface area contributed by atoms with Crippen LogP contribution < -0.4 is 11.1 Å². The average Bonchev–Trinajstić information content (AvgIpc) is 2.17. The topological polar surface area (TPSA) is 64.3 Å². The van der Waals surface area contributed by atoms with Crippen LogP contribution in [0, 0.1) is 0 Å². The Kier molecular flexibility index (Phi) is 7.42. The fourth-order valence-electron chi connectivity index (χ4n) is 0.899. The lowest BCUT2D eigenvalue weighted by atomic mass is 10.3. The minimum atomic E-state index is -0.379. The first-order valence-corrected chi connectivity index (χ1v) is 5.23. The summed E-state index contributed by atoms with van der Waals surface area (Å²) in [6.07, 6.45) is 1.69. The Morgan fingerprint density at radius 3 is 2.64 bits per heavy atom. The highest BCUT2D eigenvalue weighted by atomic mass is 16.5. The first-order valence-electron chi connectivity index (χ1n) is 5.23. The Morgan fingerprint density at radius 1 is 1.50 bits per heavy atom. The van der Waals surface area contributed by atoms with E-state index >= 15 is 0 Å². The summed E-state index contributed by atoms with van der Waals surface area (Å²) in [6, 6.07) is 0.0136. The molecule has 0 spiro atoms. The number of carbonyl (C=O) groups is 1. The van der Waals surface area contributed by atoms with Gasteiger partial charge >= 0.3 is 0 Å². The minimum absolute atomic E-state index is 0.0136. The van der Waals surface area contributed by atoms with Crippen molar-refractivity contribution < 1.29 is 9.53 Å². The second-order valence-electron chi connectivity index (χ2n) is 3.51. The summed E-state index contributed by atoms with van der Waals surface area (Å²) in [5.41, 5.74) is 5.39. The molecule has 0 rings (SSSR count). The molecule has 2 atom stereocenters. The van der Waals surface area contributed by atoms with Gasteiger partial charge < -0.3 is 15.8 Å². The van der Waals surface area contributed by atoms with Crippen molar-refractivity contribution in [3.05, 3.63) is 0 Å². The van der Waals surface area contributed by atoms with Crippen LogP contribution >= 0.6 is 0 Å². The van der Waals surface area contributed by atoms with Gasteiger partial charge in [-0.2, -0.15) is 0 Å². The molecule has 0 aromatic rings. The van der Waals surface area contributed by atoms with E-state index in [-0.39, 0.29) is 18.1 Å². The molecule has 0 aliphatic rings. The van der Waals surface area contributed by atoms with Crippen molar-refractivity contribution in [1.82, 2.24) is 5.32 Å². The molecule has 0 bridgehead atoms. The standard InChI is InChI=1S/C10H22N2O2/c1-4-5-6-14-9(3)10(13)12-8(2)7-11/h8-9H,4-7,11H2,1-3H3,(H,12,13)/t8-,9?/m0/s1. The van der Waals surface area contributed by atoms with Gasteiger partial charge in [0.1, 0.15) is 6.10 Å². The van der Waals surface area contributed by atoms with E-state index in [4.69, 9.17) is 10.5 Å². The zero-order valence-electron chi connectivity index (χ0n) is 9.38. The van der Waals surface area contributed by atoms with Crippen molar-refractivity contribution >= 4 is 5.91 Å². The molecule has 0 radical (unpaired) electrons. The fourth-order valence-corrected chi connectivity index (χ4v) is 0.899. The molecule has 84 valence electrons. The van der Waals surface area contributed by atoms with Crippen molar-refractivity contribution in [3.8, 4) is 0 Å². The number of rotatable bonds is 7. The molecule has 0 aromatic heterocycles. The van der Waals surface area contributed by atoms with Crippen LogP contribution in [0.4, 0.5) is 0 Å². The summed E-state index contributed by atoms with van der Waals surface area (Å²) < 4.78 is 5.34. The highest BCUT2D eigenvalue weighted by molar-refractivity contribution is 5.80. The highest BCUT2D eigenvalue weighted by Crippen LogP contribution is 1.95. The Hall–Kier alpha value is -0.610.